The van der Waals surface area contributed by atoms with E-state index in [1.807, 2.05) is 0 Å². The highest BCUT2D eigenvalue weighted by atomic mass is 32.2. The lowest BCUT2D eigenvalue weighted by molar-refractivity contribution is -0.106. The Morgan fingerprint density at radius 2 is 1.74 bits per heavy atom. The summed E-state index contributed by atoms with van der Waals surface area (Å²) in [6, 6.07) is 0.312. The van der Waals surface area contributed by atoms with Gasteiger partial charge in [-0.05, 0) is 12.1 Å². The zero-order chi connectivity index (χ0) is 15.0. The third-order valence-corrected chi connectivity index (χ3v) is 3.61. The van der Waals surface area contributed by atoms with Gasteiger partial charge in [-0.25, -0.2) is 22.0 Å². The minimum absolute atomic E-state index is 0.141. The van der Waals surface area contributed by atoms with E-state index in [-0.39, 0.29) is 12.1 Å². The van der Waals surface area contributed by atoms with Crippen molar-refractivity contribution in [3.05, 3.63) is 29.3 Å². The van der Waals surface area contributed by atoms with E-state index < -0.39 is 49.8 Å². The quantitative estimate of drug-likeness (QED) is 0.867. The van der Waals surface area contributed by atoms with Gasteiger partial charge >= 0.3 is 12.1 Å². The molecule has 0 saturated carbocycles. The third-order valence-electron chi connectivity index (χ3n) is 1.93. The summed E-state index contributed by atoms with van der Waals surface area (Å²) in [6.07, 6.45) is -5.17. The van der Waals surface area contributed by atoms with E-state index in [4.69, 9.17) is 5.11 Å². The molecule has 0 aliphatic rings. The maximum absolute atomic E-state index is 13.2. The molecular weight excluding hydrogens is 299 g/mol. The molecule has 0 radical (unpaired) electrons. The summed E-state index contributed by atoms with van der Waals surface area (Å²) in [7, 11) is -5.23. The molecule has 0 saturated heterocycles. The van der Waals surface area contributed by atoms with Crippen LogP contribution in [0.15, 0.2) is 17.0 Å². The number of carbonyl (C=O) groups is 1. The first-order chi connectivity index (χ1) is 8.44. The molecule has 1 N–H and O–H groups in total. The number of hydrogen-bond donors (Lipinski definition) is 1. The van der Waals surface area contributed by atoms with Crippen molar-refractivity contribution in [3.63, 3.8) is 0 Å². The molecule has 0 aliphatic heterocycles. The molecule has 10 heteroatoms. The lowest BCUT2D eigenvalue weighted by atomic mass is 10.2. The van der Waals surface area contributed by atoms with Crippen molar-refractivity contribution in [1.82, 2.24) is 0 Å². The molecule has 0 fully saturated rings. The zero-order valence-electron chi connectivity index (χ0n) is 8.83. The van der Waals surface area contributed by atoms with Crippen LogP contribution in [0, 0.1) is 11.6 Å². The van der Waals surface area contributed by atoms with Gasteiger partial charge in [0.1, 0.15) is 4.90 Å². The molecule has 0 aliphatic carbocycles. The predicted octanol–water partition coefficient (Wildman–Crippen LogP) is 2.00. The van der Waals surface area contributed by atoms with Gasteiger partial charge in [0, 0.05) is 0 Å². The van der Waals surface area contributed by atoms with Crippen molar-refractivity contribution >= 4 is 15.8 Å². The number of halogens is 5. The lowest BCUT2D eigenvalue weighted by Gasteiger charge is -2.09. The third kappa shape index (κ3) is 3.63. The van der Waals surface area contributed by atoms with Crippen LogP contribution in [-0.2, 0) is 9.84 Å². The second kappa shape index (κ2) is 4.76. The predicted molar refractivity (Wildman–Crippen MR) is 51.4 cm³/mol. The monoisotopic (exact) mass is 304 g/mol. The average molecular weight is 304 g/mol. The summed E-state index contributed by atoms with van der Waals surface area (Å²) in [5.41, 5.74) is -0.973. The first-order valence-corrected chi connectivity index (χ1v) is 6.11. The first kappa shape index (κ1) is 15.3. The van der Waals surface area contributed by atoms with Crippen molar-refractivity contribution in [1.29, 1.82) is 0 Å². The summed E-state index contributed by atoms with van der Waals surface area (Å²) in [5.74, 6) is -8.13. The summed E-state index contributed by atoms with van der Waals surface area (Å²) >= 11 is 0. The van der Waals surface area contributed by atoms with Crippen LogP contribution in [0.1, 0.15) is 10.4 Å². The smallest absolute Gasteiger partial charge is 0.403 e. The number of carboxylic acids is 1. The van der Waals surface area contributed by atoms with Crippen LogP contribution in [0.2, 0.25) is 0 Å². The molecule has 0 atom stereocenters. The number of aromatic carboxylic acids is 1. The van der Waals surface area contributed by atoms with Crippen molar-refractivity contribution in [2.75, 3.05) is 5.75 Å². The van der Waals surface area contributed by atoms with Crippen LogP contribution in [0.4, 0.5) is 22.0 Å². The number of rotatable bonds is 3. The molecule has 0 heterocycles. The Balaban J connectivity index is 3.46. The van der Waals surface area contributed by atoms with Crippen LogP contribution in [-0.4, -0.2) is 31.4 Å². The zero-order valence-corrected chi connectivity index (χ0v) is 9.65. The van der Waals surface area contributed by atoms with E-state index in [2.05, 4.69) is 0 Å². The molecule has 0 spiro atoms. The second-order valence-electron chi connectivity index (χ2n) is 3.45. The van der Waals surface area contributed by atoms with E-state index >= 15 is 0 Å². The molecule has 106 valence electrons. The number of carboxylic acid groups (broad SMARTS) is 1. The van der Waals surface area contributed by atoms with E-state index in [0.29, 0.717) is 0 Å². The van der Waals surface area contributed by atoms with Crippen molar-refractivity contribution in [2.24, 2.45) is 0 Å². The van der Waals surface area contributed by atoms with Crippen molar-refractivity contribution in [3.8, 4) is 0 Å². The topological polar surface area (TPSA) is 71.4 Å². The Bertz CT molecular complexity index is 620. The van der Waals surface area contributed by atoms with Gasteiger partial charge in [-0.3, -0.25) is 0 Å². The van der Waals surface area contributed by atoms with E-state index in [1.165, 1.54) is 0 Å². The minimum atomic E-state index is -5.23. The van der Waals surface area contributed by atoms with Crippen LogP contribution >= 0.6 is 0 Å². The first-order valence-electron chi connectivity index (χ1n) is 4.46. The van der Waals surface area contributed by atoms with Crippen LogP contribution in [0.25, 0.3) is 0 Å². The summed E-state index contributed by atoms with van der Waals surface area (Å²) < 4.78 is 84.8. The summed E-state index contributed by atoms with van der Waals surface area (Å²) in [6.45, 7) is 0. The molecule has 4 nitrogen and oxygen atoms in total. The number of sulfone groups is 1. The Morgan fingerprint density at radius 1 is 1.21 bits per heavy atom. The fraction of sp³-hybridized carbons (Fsp3) is 0.222. The minimum Gasteiger partial charge on any atom is -0.478 e. The second-order valence-corrected chi connectivity index (χ2v) is 5.41. The summed E-state index contributed by atoms with van der Waals surface area (Å²) in [5, 5.41) is 8.52. The Morgan fingerprint density at radius 3 is 2.16 bits per heavy atom. The van der Waals surface area contributed by atoms with Gasteiger partial charge < -0.3 is 5.11 Å². The molecule has 1 aromatic rings. The fourth-order valence-electron chi connectivity index (χ4n) is 1.21. The van der Waals surface area contributed by atoms with Crippen molar-refractivity contribution < 1.29 is 40.3 Å². The highest BCUT2D eigenvalue weighted by Gasteiger charge is 2.38. The van der Waals surface area contributed by atoms with Gasteiger partial charge in [0.05, 0.1) is 5.56 Å². The average Bonchev–Trinajstić information content (AvgIpc) is 2.17. The molecule has 19 heavy (non-hydrogen) atoms. The number of hydrogen-bond acceptors (Lipinski definition) is 3. The Labute approximate surface area is 103 Å². The maximum Gasteiger partial charge on any atom is 0.403 e. The van der Waals surface area contributed by atoms with Gasteiger partial charge in [-0.15, -0.1) is 0 Å². The molecule has 0 bridgehead atoms. The van der Waals surface area contributed by atoms with Gasteiger partial charge in [-0.1, -0.05) is 0 Å². The van der Waals surface area contributed by atoms with Crippen LogP contribution < -0.4 is 0 Å². The molecule has 0 amide bonds. The SMILES string of the molecule is O=C(O)c1cc(F)c(F)c(S(=O)(=O)CC(F)(F)F)c1. The molecule has 1 rings (SSSR count). The van der Waals surface area contributed by atoms with E-state index in [0.717, 1.165) is 0 Å². The van der Waals surface area contributed by atoms with Gasteiger partial charge in [0.15, 0.2) is 27.2 Å². The largest absolute Gasteiger partial charge is 0.478 e. The molecule has 0 aromatic heterocycles. The highest BCUT2D eigenvalue weighted by Crippen LogP contribution is 2.26. The van der Waals surface area contributed by atoms with Gasteiger partial charge in [0.25, 0.3) is 0 Å². The summed E-state index contributed by atoms with van der Waals surface area (Å²) in [4.78, 5) is 8.89. The number of alkyl halides is 3. The standard InChI is InChI=1S/C9H5F5O4S/c10-5-1-4(8(15)16)2-6(7(5)11)19(17,18)3-9(12,13)14/h1-2H,3H2,(H,15,16). The molecule has 0 unspecified atom stereocenters. The Hall–Kier alpha value is -1.71. The maximum atomic E-state index is 13.2. The van der Waals surface area contributed by atoms with Gasteiger partial charge in [-0.2, -0.15) is 13.2 Å². The van der Waals surface area contributed by atoms with Crippen LogP contribution in [0.5, 0.6) is 0 Å². The number of benzene rings is 1. The van der Waals surface area contributed by atoms with Gasteiger partial charge in [0.2, 0.25) is 0 Å². The molecule has 1 aromatic carbocycles. The van der Waals surface area contributed by atoms with E-state index in [1.54, 1.807) is 0 Å². The van der Waals surface area contributed by atoms with Crippen LogP contribution in [0.3, 0.4) is 0 Å². The normalized spacial score (nSPS) is 12.5. The van der Waals surface area contributed by atoms with Crippen molar-refractivity contribution in [2.45, 2.75) is 11.1 Å². The molecular formula is C9H5F5O4S. The fourth-order valence-corrected chi connectivity index (χ4v) is 2.47. The highest BCUT2D eigenvalue weighted by molar-refractivity contribution is 7.91. The van der Waals surface area contributed by atoms with E-state index in [9.17, 15) is 35.2 Å². The lowest BCUT2D eigenvalue weighted by Crippen LogP contribution is -2.24. The Kier molecular flexibility index (Phi) is 3.84.